The number of hydrogen-bond acceptors (Lipinski definition) is 4. The standard InChI is InChI=1S/C13H20N2O4S/c1-11(10-20(17,18)14-2)15(3)13(16)19-9-12-7-5-4-6-8-12/h4-8,11,14H,9-10H2,1-3H3. The summed E-state index contributed by atoms with van der Waals surface area (Å²) in [6, 6.07) is 8.81. The van der Waals surface area contributed by atoms with E-state index in [1.165, 1.54) is 19.0 Å². The number of ether oxygens (including phenoxy) is 1. The van der Waals surface area contributed by atoms with E-state index in [1.54, 1.807) is 6.92 Å². The van der Waals surface area contributed by atoms with Crippen LogP contribution >= 0.6 is 0 Å². The molecule has 0 aliphatic rings. The van der Waals surface area contributed by atoms with E-state index < -0.39 is 22.2 Å². The molecule has 0 saturated heterocycles. The van der Waals surface area contributed by atoms with Crippen LogP contribution in [0.25, 0.3) is 0 Å². The molecular weight excluding hydrogens is 280 g/mol. The van der Waals surface area contributed by atoms with Gasteiger partial charge in [-0.3, -0.25) is 0 Å². The van der Waals surface area contributed by atoms with Gasteiger partial charge < -0.3 is 9.64 Å². The summed E-state index contributed by atoms with van der Waals surface area (Å²) >= 11 is 0. The number of nitrogens with zero attached hydrogens (tertiary/aromatic N) is 1. The van der Waals surface area contributed by atoms with Crippen LogP contribution in [0.5, 0.6) is 0 Å². The molecule has 0 heterocycles. The van der Waals surface area contributed by atoms with Crippen LogP contribution in [0.3, 0.4) is 0 Å². The lowest BCUT2D eigenvalue weighted by molar-refractivity contribution is 0.0963. The average molecular weight is 300 g/mol. The van der Waals surface area contributed by atoms with Crippen molar-refractivity contribution in [2.45, 2.75) is 19.6 Å². The number of rotatable bonds is 6. The van der Waals surface area contributed by atoms with E-state index in [9.17, 15) is 13.2 Å². The third-order valence-corrected chi connectivity index (χ3v) is 4.47. The van der Waals surface area contributed by atoms with Gasteiger partial charge in [-0.1, -0.05) is 30.3 Å². The third kappa shape index (κ3) is 5.18. The molecule has 1 atom stereocenters. The Bertz CT molecular complexity index is 531. The fraction of sp³-hybridized carbons (Fsp3) is 0.462. The SMILES string of the molecule is CNS(=O)(=O)CC(C)N(C)C(=O)OCc1ccccc1. The summed E-state index contributed by atoms with van der Waals surface area (Å²) in [5, 5.41) is 0. The second-order valence-corrected chi connectivity index (χ2v) is 6.46. The number of carbonyl (C=O) groups is 1. The second-order valence-electron chi connectivity index (χ2n) is 4.49. The summed E-state index contributed by atoms with van der Waals surface area (Å²) in [5.41, 5.74) is 0.879. The fourth-order valence-corrected chi connectivity index (χ4v) is 2.54. The van der Waals surface area contributed by atoms with Crippen LogP contribution in [0, 0.1) is 0 Å². The maximum absolute atomic E-state index is 11.8. The summed E-state index contributed by atoms with van der Waals surface area (Å²) in [7, 11) is -0.504. The van der Waals surface area contributed by atoms with Crippen molar-refractivity contribution >= 4 is 16.1 Å². The van der Waals surface area contributed by atoms with Gasteiger partial charge in [0.1, 0.15) is 6.61 Å². The van der Waals surface area contributed by atoms with Crippen LogP contribution < -0.4 is 4.72 Å². The molecule has 0 fully saturated rings. The monoisotopic (exact) mass is 300 g/mol. The minimum Gasteiger partial charge on any atom is -0.445 e. The largest absolute Gasteiger partial charge is 0.445 e. The zero-order valence-corrected chi connectivity index (χ0v) is 12.7. The van der Waals surface area contributed by atoms with Gasteiger partial charge in [-0.25, -0.2) is 17.9 Å². The first-order valence-electron chi connectivity index (χ1n) is 6.20. The molecule has 1 aromatic rings. The number of nitrogens with one attached hydrogen (secondary N) is 1. The highest BCUT2D eigenvalue weighted by molar-refractivity contribution is 7.89. The molecule has 0 bridgehead atoms. The van der Waals surface area contributed by atoms with Crippen molar-refractivity contribution in [1.82, 2.24) is 9.62 Å². The van der Waals surface area contributed by atoms with Crippen molar-refractivity contribution in [2.75, 3.05) is 19.8 Å². The fourth-order valence-electron chi connectivity index (χ4n) is 1.51. The van der Waals surface area contributed by atoms with Gasteiger partial charge in [-0.05, 0) is 19.5 Å². The molecule has 1 unspecified atom stereocenters. The van der Waals surface area contributed by atoms with Crippen molar-refractivity contribution in [3.63, 3.8) is 0 Å². The number of carbonyl (C=O) groups excluding carboxylic acids is 1. The Kier molecular flexibility index (Phi) is 5.97. The maximum Gasteiger partial charge on any atom is 0.410 e. The maximum atomic E-state index is 11.8. The van der Waals surface area contributed by atoms with Crippen molar-refractivity contribution in [3.05, 3.63) is 35.9 Å². The van der Waals surface area contributed by atoms with Gasteiger partial charge in [0.25, 0.3) is 0 Å². The average Bonchev–Trinajstić information content (AvgIpc) is 2.44. The molecule has 112 valence electrons. The summed E-state index contributed by atoms with van der Waals surface area (Å²) in [6.45, 7) is 1.81. The molecule has 1 aromatic carbocycles. The minimum atomic E-state index is -3.36. The lowest BCUT2D eigenvalue weighted by atomic mass is 10.2. The summed E-state index contributed by atoms with van der Waals surface area (Å²) in [4.78, 5) is 13.1. The summed E-state index contributed by atoms with van der Waals surface area (Å²) < 4.78 is 30.2. The van der Waals surface area contributed by atoms with E-state index in [4.69, 9.17) is 4.74 Å². The molecule has 1 amide bonds. The zero-order valence-electron chi connectivity index (χ0n) is 11.9. The van der Waals surface area contributed by atoms with Crippen LogP contribution in [0.15, 0.2) is 30.3 Å². The first-order chi connectivity index (χ1) is 9.35. The number of amides is 1. The zero-order chi connectivity index (χ0) is 15.2. The Morgan fingerprint density at radius 2 is 1.95 bits per heavy atom. The van der Waals surface area contributed by atoms with E-state index in [0.717, 1.165) is 5.56 Å². The van der Waals surface area contributed by atoms with E-state index >= 15 is 0 Å². The molecule has 0 radical (unpaired) electrons. The number of hydrogen-bond donors (Lipinski definition) is 1. The van der Waals surface area contributed by atoms with E-state index in [1.807, 2.05) is 30.3 Å². The molecule has 0 aromatic heterocycles. The van der Waals surface area contributed by atoms with Gasteiger partial charge in [0.05, 0.1) is 5.75 Å². The molecule has 20 heavy (non-hydrogen) atoms. The van der Waals surface area contributed by atoms with Crippen molar-refractivity contribution in [1.29, 1.82) is 0 Å². The van der Waals surface area contributed by atoms with Gasteiger partial charge in [0, 0.05) is 13.1 Å². The number of benzene rings is 1. The number of sulfonamides is 1. The van der Waals surface area contributed by atoms with Gasteiger partial charge >= 0.3 is 6.09 Å². The first-order valence-corrected chi connectivity index (χ1v) is 7.85. The third-order valence-electron chi connectivity index (χ3n) is 2.93. The molecule has 1 N–H and O–H groups in total. The molecule has 7 heteroatoms. The molecule has 0 saturated carbocycles. The second kappa shape index (κ2) is 7.25. The van der Waals surface area contributed by atoms with E-state index in [0.29, 0.717) is 0 Å². The lowest BCUT2D eigenvalue weighted by Crippen LogP contribution is -2.41. The Morgan fingerprint density at radius 3 is 2.50 bits per heavy atom. The quantitative estimate of drug-likeness (QED) is 0.856. The van der Waals surface area contributed by atoms with Crippen LogP contribution in [0.4, 0.5) is 4.79 Å². The van der Waals surface area contributed by atoms with Crippen molar-refractivity contribution in [2.24, 2.45) is 0 Å². The van der Waals surface area contributed by atoms with Gasteiger partial charge in [0.2, 0.25) is 10.0 Å². The van der Waals surface area contributed by atoms with Gasteiger partial charge in [-0.15, -0.1) is 0 Å². The van der Waals surface area contributed by atoms with E-state index in [-0.39, 0.29) is 12.4 Å². The summed E-state index contributed by atoms with van der Waals surface area (Å²) in [5.74, 6) is -0.166. The Balaban J connectivity index is 2.50. The van der Waals surface area contributed by atoms with Crippen molar-refractivity contribution < 1.29 is 17.9 Å². The van der Waals surface area contributed by atoms with Gasteiger partial charge in [0.15, 0.2) is 0 Å². The van der Waals surface area contributed by atoms with Crippen molar-refractivity contribution in [3.8, 4) is 0 Å². The Morgan fingerprint density at radius 1 is 1.35 bits per heavy atom. The molecule has 1 rings (SSSR count). The van der Waals surface area contributed by atoms with Crippen LogP contribution in [0.2, 0.25) is 0 Å². The van der Waals surface area contributed by atoms with Crippen LogP contribution in [-0.4, -0.2) is 45.3 Å². The highest BCUT2D eigenvalue weighted by Gasteiger charge is 2.22. The lowest BCUT2D eigenvalue weighted by Gasteiger charge is -2.23. The smallest absolute Gasteiger partial charge is 0.410 e. The highest BCUT2D eigenvalue weighted by Crippen LogP contribution is 2.06. The van der Waals surface area contributed by atoms with Crippen LogP contribution in [0.1, 0.15) is 12.5 Å². The Labute approximate surface area is 119 Å². The van der Waals surface area contributed by atoms with Crippen LogP contribution in [-0.2, 0) is 21.4 Å². The summed E-state index contributed by atoms with van der Waals surface area (Å²) in [6.07, 6.45) is -0.548. The van der Waals surface area contributed by atoms with E-state index in [2.05, 4.69) is 4.72 Å². The normalized spacial score (nSPS) is 12.8. The predicted molar refractivity (Wildman–Crippen MR) is 76.7 cm³/mol. The Hall–Kier alpha value is -1.60. The minimum absolute atomic E-state index is 0.162. The van der Waals surface area contributed by atoms with Gasteiger partial charge in [-0.2, -0.15) is 0 Å². The predicted octanol–water partition coefficient (Wildman–Crippen LogP) is 1.19. The molecular formula is C13H20N2O4S. The topological polar surface area (TPSA) is 75.7 Å². The molecule has 0 aliphatic heterocycles. The molecule has 0 aliphatic carbocycles. The molecule has 0 spiro atoms. The first kappa shape index (κ1) is 16.5. The highest BCUT2D eigenvalue weighted by atomic mass is 32.2. The molecule has 6 nitrogen and oxygen atoms in total.